The Morgan fingerprint density at radius 2 is 1.59 bits per heavy atom. The third-order valence-electron chi connectivity index (χ3n) is 5.74. The number of benzene rings is 3. The van der Waals surface area contributed by atoms with Crippen molar-refractivity contribution in [2.45, 2.75) is 13.0 Å². The van der Waals surface area contributed by atoms with Crippen molar-refractivity contribution in [1.82, 2.24) is 0 Å². The van der Waals surface area contributed by atoms with Gasteiger partial charge in [0.15, 0.2) is 5.78 Å². The van der Waals surface area contributed by atoms with Gasteiger partial charge < -0.3 is 9.47 Å². The maximum atomic E-state index is 13.5. The number of nitrogens with zero attached hydrogens (tertiary/aromatic N) is 1. The predicted octanol–water partition coefficient (Wildman–Crippen LogP) is 4.03. The molecule has 0 bridgehead atoms. The first-order chi connectivity index (χ1) is 16.5. The molecule has 1 fully saturated rings. The van der Waals surface area contributed by atoms with Gasteiger partial charge in [-0.2, -0.15) is 0 Å². The van der Waals surface area contributed by atoms with Crippen molar-refractivity contribution >= 4 is 29.1 Å². The number of ether oxygens (including phenoxy) is 2. The lowest BCUT2D eigenvalue weighted by molar-refractivity contribution is -0.135. The zero-order chi connectivity index (χ0) is 24.2. The number of hydrogen-bond acceptors (Lipinski definition) is 6. The average molecular weight is 457 g/mol. The number of carbonyl (C=O) groups excluding carboxylic acids is 4. The predicted molar refractivity (Wildman–Crippen MR) is 125 cm³/mol. The van der Waals surface area contributed by atoms with Gasteiger partial charge in [-0.15, -0.1) is 0 Å². The van der Waals surface area contributed by atoms with Crippen LogP contribution in [0, 0.1) is 5.92 Å². The first-order valence-corrected chi connectivity index (χ1v) is 10.8. The van der Waals surface area contributed by atoms with Crippen molar-refractivity contribution in [2.75, 3.05) is 18.6 Å². The van der Waals surface area contributed by atoms with Gasteiger partial charge in [-0.3, -0.25) is 19.3 Å². The van der Waals surface area contributed by atoms with Crippen molar-refractivity contribution in [3.05, 3.63) is 95.6 Å². The van der Waals surface area contributed by atoms with E-state index >= 15 is 0 Å². The zero-order valence-corrected chi connectivity index (χ0v) is 18.8. The molecule has 3 aromatic rings. The summed E-state index contributed by atoms with van der Waals surface area (Å²) in [6, 6.07) is 20.8. The van der Waals surface area contributed by atoms with Gasteiger partial charge in [0, 0.05) is 11.3 Å². The Hall–Kier alpha value is -4.26. The van der Waals surface area contributed by atoms with Crippen LogP contribution < -0.4 is 9.64 Å². The first kappa shape index (κ1) is 22.9. The van der Waals surface area contributed by atoms with Gasteiger partial charge in [0.05, 0.1) is 25.3 Å². The summed E-state index contributed by atoms with van der Waals surface area (Å²) in [7, 11) is 1.49. The highest BCUT2D eigenvalue weighted by Gasteiger charge is 2.52. The number of ketones is 2. The molecule has 0 aliphatic carbocycles. The number of anilines is 1. The van der Waals surface area contributed by atoms with Crippen molar-refractivity contribution < 1.29 is 28.7 Å². The summed E-state index contributed by atoms with van der Waals surface area (Å²) < 4.78 is 10.2. The van der Waals surface area contributed by atoms with Crippen LogP contribution in [0.25, 0.3) is 0 Å². The summed E-state index contributed by atoms with van der Waals surface area (Å²) in [5, 5.41) is 0. The lowest BCUT2D eigenvalue weighted by Crippen LogP contribution is -2.30. The average Bonchev–Trinajstić information content (AvgIpc) is 3.14. The van der Waals surface area contributed by atoms with Crippen molar-refractivity contribution in [1.29, 1.82) is 0 Å². The molecule has 1 aliphatic heterocycles. The van der Waals surface area contributed by atoms with Crippen LogP contribution in [-0.4, -0.2) is 37.2 Å². The third kappa shape index (κ3) is 4.20. The van der Waals surface area contributed by atoms with Crippen LogP contribution in [0.15, 0.2) is 78.9 Å². The maximum absolute atomic E-state index is 13.5. The molecule has 4 rings (SSSR count). The van der Waals surface area contributed by atoms with Gasteiger partial charge >= 0.3 is 5.97 Å². The molecule has 34 heavy (non-hydrogen) atoms. The molecule has 7 heteroatoms. The topological polar surface area (TPSA) is 90.0 Å². The molecule has 2 atom stereocenters. The van der Waals surface area contributed by atoms with Crippen LogP contribution in [0.3, 0.4) is 0 Å². The number of amides is 1. The summed E-state index contributed by atoms with van der Waals surface area (Å²) in [4.78, 5) is 53.3. The van der Waals surface area contributed by atoms with E-state index in [0.29, 0.717) is 22.6 Å². The molecule has 1 heterocycles. The van der Waals surface area contributed by atoms with E-state index in [1.807, 2.05) is 6.07 Å². The monoisotopic (exact) mass is 457 g/mol. The minimum atomic E-state index is -1.23. The molecule has 0 spiro atoms. The van der Waals surface area contributed by atoms with E-state index in [4.69, 9.17) is 9.47 Å². The van der Waals surface area contributed by atoms with Gasteiger partial charge in [-0.05, 0) is 48.9 Å². The molecule has 172 valence electrons. The molecular weight excluding hydrogens is 434 g/mol. The zero-order valence-electron chi connectivity index (χ0n) is 18.8. The minimum absolute atomic E-state index is 0.240. The fourth-order valence-electron chi connectivity index (χ4n) is 4.13. The summed E-state index contributed by atoms with van der Waals surface area (Å²) >= 11 is 0. The molecule has 0 aromatic heterocycles. The SMILES string of the molecule is CCOC(=O)c1ccc(N2C(=O)C(=O)C(C(=O)c3cccc(OC)c3)C2c2ccccc2)cc1. The minimum Gasteiger partial charge on any atom is -0.497 e. The molecule has 0 N–H and O–H groups in total. The Kier molecular flexibility index (Phi) is 6.54. The smallest absolute Gasteiger partial charge is 0.338 e. The number of esters is 1. The van der Waals surface area contributed by atoms with Crippen LogP contribution in [0.4, 0.5) is 5.69 Å². The molecule has 1 saturated heterocycles. The van der Waals surface area contributed by atoms with Gasteiger partial charge in [0.1, 0.15) is 11.7 Å². The fraction of sp³-hybridized carbons (Fsp3) is 0.185. The van der Waals surface area contributed by atoms with Crippen molar-refractivity contribution in [2.24, 2.45) is 5.92 Å². The van der Waals surface area contributed by atoms with E-state index in [0.717, 1.165) is 0 Å². The number of carbonyl (C=O) groups is 4. The highest BCUT2D eigenvalue weighted by Crippen LogP contribution is 2.41. The second-order valence-electron chi connectivity index (χ2n) is 7.74. The second-order valence-corrected chi connectivity index (χ2v) is 7.74. The van der Waals surface area contributed by atoms with Crippen LogP contribution in [0.2, 0.25) is 0 Å². The number of Topliss-reactive ketones (excluding diaryl/α,β-unsaturated/α-hetero) is 2. The van der Waals surface area contributed by atoms with E-state index in [1.165, 1.54) is 24.1 Å². The van der Waals surface area contributed by atoms with E-state index in [-0.39, 0.29) is 12.2 Å². The normalized spacial score (nSPS) is 17.5. The van der Waals surface area contributed by atoms with Gasteiger partial charge in [0.25, 0.3) is 5.91 Å². The number of hydrogen-bond donors (Lipinski definition) is 0. The van der Waals surface area contributed by atoms with Gasteiger partial charge in [-0.25, -0.2) is 4.79 Å². The second kappa shape index (κ2) is 9.70. The molecule has 1 amide bonds. The van der Waals surface area contributed by atoms with Crippen molar-refractivity contribution in [3.8, 4) is 5.75 Å². The summed E-state index contributed by atoms with van der Waals surface area (Å²) in [5.74, 6) is -3.26. The van der Waals surface area contributed by atoms with E-state index in [2.05, 4.69) is 0 Å². The Bertz CT molecular complexity index is 1240. The summed E-state index contributed by atoms with van der Waals surface area (Å²) in [5.41, 5.74) is 1.66. The molecular formula is C27H23NO6. The van der Waals surface area contributed by atoms with Gasteiger partial charge in [0.2, 0.25) is 5.78 Å². The van der Waals surface area contributed by atoms with E-state index in [9.17, 15) is 19.2 Å². The maximum Gasteiger partial charge on any atom is 0.338 e. The molecule has 0 saturated carbocycles. The summed E-state index contributed by atoms with van der Waals surface area (Å²) in [6.07, 6.45) is 0. The lowest BCUT2D eigenvalue weighted by Gasteiger charge is -2.27. The molecule has 2 unspecified atom stereocenters. The lowest BCUT2D eigenvalue weighted by atomic mass is 9.86. The fourth-order valence-corrected chi connectivity index (χ4v) is 4.13. The van der Waals surface area contributed by atoms with Crippen LogP contribution >= 0.6 is 0 Å². The highest BCUT2D eigenvalue weighted by atomic mass is 16.5. The van der Waals surface area contributed by atoms with Gasteiger partial charge in [-0.1, -0.05) is 42.5 Å². The largest absolute Gasteiger partial charge is 0.497 e. The van der Waals surface area contributed by atoms with Crippen LogP contribution in [0.5, 0.6) is 5.75 Å². The number of methoxy groups -OCH3 is 1. The Morgan fingerprint density at radius 1 is 0.882 bits per heavy atom. The Labute approximate surface area is 196 Å². The van der Waals surface area contributed by atoms with E-state index < -0.39 is 35.4 Å². The molecule has 7 nitrogen and oxygen atoms in total. The van der Waals surface area contributed by atoms with E-state index in [1.54, 1.807) is 67.6 Å². The number of rotatable bonds is 7. The Balaban J connectivity index is 1.77. The standard InChI is InChI=1S/C27H23NO6/c1-3-34-27(32)18-12-14-20(15-13-18)28-23(17-8-5-4-6-9-17)22(25(30)26(28)31)24(29)19-10-7-11-21(16-19)33-2/h4-16,22-23H,3H2,1-2H3. The highest BCUT2D eigenvalue weighted by molar-refractivity contribution is 6.49. The Morgan fingerprint density at radius 3 is 2.24 bits per heavy atom. The third-order valence-corrected chi connectivity index (χ3v) is 5.74. The summed E-state index contributed by atoms with van der Waals surface area (Å²) in [6.45, 7) is 1.95. The molecule has 3 aromatic carbocycles. The van der Waals surface area contributed by atoms with Crippen LogP contribution in [0.1, 0.15) is 39.2 Å². The van der Waals surface area contributed by atoms with Crippen molar-refractivity contribution in [3.63, 3.8) is 0 Å². The first-order valence-electron chi connectivity index (χ1n) is 10.8. The molecule has 1 aliphatic rings. The quantitative estimate of drug-likeness (QED) is 0.230. The molecule has 0 radical (unpaired) electrons. The van der Waals surface area contributed by atoms with Crippen LogP contribution in [-0.2, 0) is 14.3 Å².